The van der Waals surface area contributed by atoms with Crippen LogP contribution in [0.25, 0.3) is 0 Å². The van der Waals surface area contributed by atoms with Crippen molar-refractivity contribution in [2.75, 3.05) is 20.7 Å². The molecule has 29 heteroatoms. The minimum absolute atomic E-state index is 0. The zero-order chi connectivity index (χ0) is 47.7. The Morgan fingerprint density at radius 2 is 0.913 bits per heavy atom. The van der Waals surface area contributed by atoms with Crippen LogP contribution in [0.3, 0.4) is 0 Å². The minimum Gasteiger partial charge on any atom is -0.744 e. The molecule has 0 aliphatic carbocycles. The number of benzene rings is 5. The second-order valence-corrected chi connectivity index (χ2v) is 18.2. The van der Waals surface area contributed by atoms with Gasteiger partial charge in [0.2, 0.25) is 0 Å². The van der Waals surface area contributed by atoms with E-state index in [-0.39, 0.29) is 211 Å². The van der Waals surface area contributed by atoms with E-state index < -0.39 is 80.8 Å². The zero-order valence-corrected chi connectivity index (χ0v) is 48.6. The summed E-state index contributed by atoms with van der Waals surface area (Å²) in [5.41, 5.74) is 0.964. The van der Waals surface area contributed by atoms with Gasteiger partial charge in [0.15, 0.2) is 12.1 Å². The van der Waals surface area contributed by atoms with Gasteiger partial charge in [0.05, 0.1) is 54.5 Å². The van der Waals surface area contributed by atoms with Crippen LogP contribution in [0.15, 0.2) is 161 Å². The summed E-state index contributed by atoms with van der Waals surface area (Å²) in [6.07, 6.45) is 0. The van der Waals surface area contributed by atoms with E-state index in [1.807, 2.05) is 0 Å². The van der Waals surface area contributed by atoms with E-state index in [1.165, 1.54) is 92.7 Å². The number of nitrogens with one attached hydrogen (secondary N) is 2. The summed E-state index contributed by atoms with van der Waals surface area (Å²) in [7, 11) is -14.6. The van der Waals surface area contributed by atoms with Crippen LogP contribution in [0, 0.1) is 0 Å². The van der Waals surface area contributed by atoms with Gasteiger partial charge in [0, 0.05) is 16.8 Å². The average molecular weight is 1070 g/mol. The van der Waals surface area contributed by atoms with Gasteiger partial charge in [0.25, 0.3) is 23.6 Å². The molecule has 7 rings (SSSR count). The fourth-order valence-corrected chi connectivity index (χ4v) is 7.77. The summed E-state index contributed by atoms with van der Waals surface area (Å²) in [6, 6.07) is 21.1. The molecule has 0 spiro atoms. The second kappa shape index (κ2) is 24.3. The number of azo groups is 2. The molecule has 0 saturated carbocycles. The Hall–Kier alpha value is -2.84. The fraction of sp³-hybridized carbons (Fsp3) is 0.100. The summed E-state index contributed by atoms with van der Waals surface area (Å²) < 4.78 is 104. The van der Waals surface area contributed by atoms with Gasteiger partial charge in [-0.25, -0.2) is 25.3 Å². The third-order valence-corrected chi connectivity index (χ3v) is 12.1. The van der Waals surface area contributed by atoms with Crippen molar-refractivity contribution in [3.8, 4) is 0 Å². The monoisotopic (exact) mass is 1070 g/mol. The Balaban J connectivity index is 0.00000346. The molecule has 2 atom stereocenters. The van der Waals surface area contributed by atoms with Gasteiger partial charge in [-0.3, -0.25) is 19.2 Å². The van der Waals surface area contributed by atoms with Gasteiger partial charge < -0.3 is 24.3 Å². The molecule has 338 valence electrons. The van der Waals surface area contributed by atoms with Crippen molar-refractivity contribution in [2.45, 2.75) is 40.6 Å². The van der Waals surface area contributed by atoms with Crippen LogP contribution < -0.4 is 175 Å². The Morgan fingerprint density at radius 3 is 1.28 bits per heavy atom. The molecule has 69 heavy (non-hydrogen) atoms. The van der Waals surface area contributed by atoms with Crippen molar-refractivity contribution in [3.05, 3.63) is 126 Å². The van der Waals surface area contributed by atoms with Crippen molar-refractivity contribution in [2.24, 2.45) is 30.7 Å². The quantitative estimate of drug-likeness (QED) is 0.0641. The summed E-state index contributed by atoms with van der Waals surface area (Å²) in [6.45, 7) is 3.06. The summed E-state index contributed by atoms with van der Waals surface area (Å²) in [4.78, 5) is 50.4. The van der Waals surface area contributed by atoms with Crippen LogP contribution in [-0.2, 0) is 39.9 Å². The number of hydrazone groups is 2. The molecule has 4 amide bonds. The zero-order valence-electron chi connectivity index (χ0n) is 36.7. The first-order valence-corrected chi connectivity index (χ1v) is 22.9. The van der Waals surface area contributed by atoms with Crippen LogP contribution in [0.4, 0.5) is 34.1 Å². The number of carbonyl (C=O) groups is 4. The van der Waals surface area contributed by atoms with Gasteiger partial charge in [-0.05, 0) is 129 Å². The van der Waals surface area contributed by atoms with Crippen molar-refractivity contribution in [3.63, 3.8) is 0 Å². The van der Waals surface area contributed by atoms with Crippen LogP contribution >= 0.6 is 0 Å². The summed E-state index contributed by atoms with van der Waals surface area (Å²) in [5, 5.41) is 31.3. The predicted molar refractivity (Wildman–Crippen MR) is 230 cm³/mol. The first-order chi connectivity index (χ1) is 31.1. The maximum atomic E-state index is 13.1. The van der Waals surface area contributed by atoms with Crippen LogP contribution in [0.1, 0.15) is 34.6 Å². The number of hydrogen-bond acceptors (Lipinski definition) is 19. The largest absolute Gasteiger partial charge is 1.00 e. The van der Waals surface area contributed by atoms with Gasteiger partial charge in [-0.15, -0.1) is 0 Å². The Morgan fingerprint density at radius 1 is 0.536 bits per heavy atom. The minimum atomic E-state index is -5.21. The van der Waals surface area contributed by atoms with Gasteiger partial charge >= 0.3 is 154 Å². The van der Waals surface area contributed by atoms with E-state index in [0.717, 1.165) is 46.4 Å². The molecular formula is C40H29K3N10O13S3. The molecule has 2 aliphatic rings. The maximum absolute atomic E-state index is 13.1. The number of anilines is 4. The smallest absolute Gasteiger partial charge is 0.744 e. The third kappa shape index (κ3) is 14.4. The first-order valence-electron chi connectivity index (χ1n) is 18.7. The van der Waals surface area contributed by atoms with Crippen molar-refractivity contribution in [1.29, 1.82) is 0 Å². The molecule has 0 aromatic heterocycles. The summed E-state index contributed by atoms with van der Waals surface area (Å²) in [5.74, 6) is -2.74. The molecule has 5 aromatic rings. The van der Waals surface area contributed by atoms with Gasteiger partial charge in [-0.1, -0.05) is 0 Å². The molecule has 2 unspecified atom stereocenters. The van der Waals surface area contributed by atoms with Crippen molar-refractivity contribution in [1.82, 2.24) is 0 Å². The standard InChI is InChI=1S/C40H32N10O13S3.3K/c1-22-35(39(53)49(47-22)29-12-16-31(17-13-29)64(55,56)57)45-43-26-7-3-24(4-8-26)37(51)41-28-11-20-33(34(21-28)66(61,62)63)42-38(52)25-5-9-27(10-6-25)44-46-36-23(2)48-50(40(36)54)30-14-18-32(19-15-30)65(58,59)60;;;/h3-21,35-36H,1-2H3,(H,41,51)(H,42,52)(H,55,56,57)(H,58,59,60)(H,61,62,63);;;/q;3*+1/p-3. The van der Waals surface area contributed by atoms with Crippen LogP contribution in [0.5, 0.6) is 0 Å². The van der Waals surface area contributed by atoms with Crippen molar-refractivity contribution >= 4 is 99.5 Å². The van der Waals surface area contributed by atoms with Gasteiger partial charge in [0.1, 0.15) is 30.4 Å². The Bertz CT molecular complexity index is 3290. The first kappa shape index (κ1) is 58.7. The van der Waals surface area contributed by atoms with Crippen LogP contribution in [0.2, 0.25) is 0 Å². The average Bonchev–Trinajstić information content (AvgIpc) is 3.72. The van der Waals surface area contributed by atoms with E-state index >= 15 is 0 Å². The SMILES string of the molecule is CC1=NN(c2ccc(S(=O)(=O)[O-])cc2)C(=O)C1N=Nc1ccc(C(=O)Nc2ccc(NC(=O)c3ccc(N=NC4C(=O)N(c5ccc(S(=O)(=O)[O-])cc5)N=C4C)cc3)c(S(=O)(=O)[O-])c2)cc1.[K+].[K+].[K+]. The van der Waals surface area contributed by atoms with E-state index in [4.69, 9.17) is 0 Å². The van der Waals surface area contributed by atoms with Gasteiger partial charge in [-0.2, -0.15) is 40.7 Å². The van der Waals surface area contributed by atoms with E-state index in [1.54, 1.807) is 0 Å². The number of nitrogens with zero attached hydrogens (tertiary/aromatic N) is 8. The molecular weight excluding hydrogens is 1040 g/mol. The second-order valence-electron chi connectivity index (χ2n) is 14.1. The normalized spacial score (nSPS) is 16.1. The molecule has 2 heterocycles. The number of carbonyl (C=O) groups excluding carboxylic acids is 4. The van der Waals surface area contributed by atoms with Crippen molar-refractivity contribution < 1.29 is 212 Å². The topological polar surface area (TPSA) is 345 Å². The molecule has 0 saturated heterocycles. The third-order valence-electron chi connectivity index (χ3n) is 9.53. The molecule has 2 N–H and O–H groups in total. The summed E-state index contributed by atoms with van der Waals surface area (Å²) >= 11 is 0. The molecule has 2 aliphatic heterocycles. The van der Waals surface area contributed by atoms with E-state index in [9.17, 15) is 58.1 Å². The molecule has 0 radical (unpaired) electrons. The number of amides is 4. The predicted octanol–water partition coefficient (Wildman–Crippen LogP) is -4.33. The number of rotatable bonds is 13. The molecule has 23 nitrogen and oxygen atoms in total. The Labute approximate surface area is 521 Å². The van der Waals surface area contributed by atoms with E-state index in [2.05, 4.69) is 41.3 Å². The molecule has 0 bridgehead atoms. The molecule has 0 fully saturated rings. The molecule has 5 aromatic carbocycles. The maximum Gasteiger partial charge on any atom is 1.00 e. The fourth-order valence-electron chi connectivity index (χ4n) is 6.17. The van der Waals surface area contributed by atoms with Crippen LogP contribution in [-0.4, -0.2) is 86.0 Å². The Kier molecular flexibility index (Phi) is 20.6. The van der Waals surface area contributed by atoms with E-state index in [0.29, 0.717) is 0 Å². The number of hydrogen-bond donors (Lipinski definition) is 2.